The average molecular weight is 411 g/mol. The van der Waals surface area contributed by atoms with Crippen LogP contribution in [0, 0.1) is 0 Å². The first-order chi connectivity index (χ1) is 11.4. The number of thiocarbonyl (C=S) groups is 1. The van der Waals surface area contributed by atoms with Crippen LogP contribution in [-0.2, 0) is 18.3 Å². The lowest BCUT2D eigenvalue weighted by Crippen LogP contribution is -2.31. The van der Waals surface area contributed by atoms with Gasteiger partial charge in [-0.25, -0.2) is 4.79 Å². The molecule has 128 valence electrons. The van der Waals surface area contributed by atoms with E-state index in [1.54, 1.807) is 42.1 Å². The number of aromatic nitrogens is 2. The second kappa shape index (κ2) is 8.25. The number of benzene rings is 1. The predicted molar refractivity (Wildman–Crippen MR) is 101 cm³/mol. The molecule has 0 amide bonds. The molecule has 0 aliphatic heterocycles. The number of carbonyl (C=O) groups excluding carboxylic acids is 1. The number of carbonyl (C=O) groups is 1. The maximum Gasteiger partial charge on any atom is 0.338 e. The van der Waals surface area contributed by atoms with Crippen LogP contribution in [0.15, 0.2) is 34.9 Å². The summed E-state index contributed by atoms with van der Waals surface area (Å²) in [6, 6.07) is 7.01. The van der Waals surface area contributed by atoms with Gasteiger partial charge in [0.05, 0.1) is 35.1 Å². The van der Waals surface area contributed by atoms with Gasteiger partial charge < -0.3 is 15.0 Å². The van der Waals surface area contributed by atoms with E-state index in [0.29, 0.717) is 23.8 Å². The third-order valence-corrected chi connectivity index (χ3v) is 4.47. The summed E-state index contributed by atoms with van der Waals surface area (Å²) < 4.78 is 7.71. The van der Waals surface area contributed by atoms with Crippen molar-refractivity contribution in [2.24, 2.45) is 7.05 Å². The highest BCUT2D eigenvalue weighted by atomic mass is 79.9. The molecular formula is C16H19BrN4O2S. The highest BCUT2D eigenvalue weighted by Crippen LogP contribution is 2.17. The molecule has 2 rings (SSSR count). The van der Waals surface area contributed by atoms with Crippen LogP contribution in [0.4, 0.5) is 5.69 Å². The van der Waals surface area contributed by atoms with E-state index in [1.165, 1.54) is 0 Å². The van der Waals surface area contributed by atoms with Crippen LogP contribution in [-0.4, -0.2) is 39.4 Å². The number of esters is 1. The largest absolute Gasteiger partial charge is 0.462 e. The van der Waals surface area contributed by atoms with Crippen molar-refractivity contribution in [2.45, 2.75) is 13.5 Å². The molecule has 0 radical (unpaired) electrons. The summed E-state index contributed by atoms with van der Waals surface area (Å²) >= 11 is 8.90. The lowest BCUT2D eigenvalue weighted by atomic mass is 10.2. The van der Waals surface area contributed by atoms with Crippen molar-refractivity contribution in [1.29, 1.82) is 0 Å². The predicted octanol–water partition coefficient (Wildman–Crippen LogP) is 3.19. The number of rotatable bonds is 5. The number of ether oxygens (including phenoxy) is 1. The monoisotopic (exact) mass is 410 g/mol. The van der Waals surface area contributed by atoms with Crippen LogP contribution in [0.2, 0.25) is 0 Å². The minimum absolute atomic E-state index is 0.329. The van der Waals surface area contributed by atoms with Gasteiger partial charge in [-0.3, -0.25) is 4.68 Å². The van der Waals surface area contributed by atoms with Gasteiger partial charge in [-0.05, 0) is 59.3 Å². The van der Waals surface area contributed by atoms with Crippen molar-refractivity contribution in [1.82, 2.24) is 14.7 Å². The number of hydrogen-bond acceptors (Lipinski definition) is 4. The summed E-state index contributed by atoms with van der Waals surface area (Å²) in [5.41, 5.74) is 2.35. The molecule has 0 atom stereocenters. The Balaban J connectivity index is 1.97. The molecule has 1 aromatic carbocycles. The smallest absolute Gasteiger partial charge is 0.338 e. The molecule has 0 unspecified atom stereocenters. The van der Waals surface area contributed by atoms with E-state index in [1.807, 2.05) is 19.0 Å². The number of aryl methyl sites for hydroxylation is 1. The van der Waals surface area contributed by atoms with Crippen molar-refractivity contribution >= 4 is 44.9 Å². The first-order valence-electron chi connectivity index (χ1n) is 7.38. The van der Waals surface area contributed by atoms with Gasteiger partial charge in [0.25, 0.3) is 0 Å². The third-order valence-electron chi connectivity index (χ3n) is 3.39. The fourth-order valence-electron chi connectivity index (χ4n) is 2.03. The summed E-state index contributed by atoms with van der Waals surface area (Å²) in [5, 5.41) is 7.92. The fourth-order valence-corrected chi connectivity index (χ4v) is 2.69. The molecule has 8 heteroatoms. The first kappa shape index (κ1) is 18.4. The molecule has 1 N–H and O–H groups in total. The average Bonchev–Trinajstić information content (AvgIpc) is 2.87. The van der Waals surface area contributed by atoms with Gasteiger partial charge in [-0.2, -0.15) is 5.10 Å². The molecule has 6 nitrogen and oxygen atoms in total. The zero-order chi connectivity index (χ0) is 17.7. The molecular weight excluding hydrogens is 392 g/mol. The molecule has 0 saturated heterocycles. The quantitative estimate of drug-likeness (QED) is 0.603. The van der Waals surface area contributed by atoms with Gasteiger partial charge in [-0.1, -0.05) is 0 Å². The Morgan fingerprint density at radius 2 is 2.08 bits per heavy atom. The Hall–Kier alpha value is -1.93. The summed E-state index contributed by atoms with van der Waals surface area (Å²) in [5.74, 6) is -0.329. The van der Waals surface area contributed by atoms with E-state index in [0.717, 1.165) is 15.9 Å². The molecule has 0 spiro atoms. The molecule has 1 heterocycles. The summed E-state index contributed by atoms with van der Waals surface area (Å²) in [6.07, 6.45) is 1.76. The van der Waals surface area contributed by atoms with E-state index in [-0.39, 0.29) is 5.97 Å². The number of hydrogen-bond donors (Lipinski definition) is 1. The summed E-state index contributed by atoms with van der Waals surface area (Å²) in [4.78, 5) is 13.6. The fraction of sp³-hybridized carbons (Fsp3) is 0.312. The number of nitrogens with zero attached hydrogens (tertiary/aromatic N) is 3. The van der Waals surface area contributed by atoms with Crippen LogP contribution in [0.25, 0.3) is 0 Å². The number of anilines is 1. The van der Waals surface area contributed by atoms with Gasteiger partial charge >= 0.3 is 5.97 Å². The van der Waals surface area contributed by atoms with E-state index in [9.17, 15) is 4.79 Å². The summed E-state index contributed by atoms with van der Waals surface area (Å²) in [7, 11) is 3.79. The third kappa shape index (κ3) is 4.55. The SMILES string of the molecule is CCOC(=O)c1ccc(NC(=S)N(C)Cc2c(Br)cnn2C)cc1. The lowest BCUT2D eigenvalue weighted by Gasteiger charge is -2.21. The van der Waals surface area contributed by atoms with Crippen molar-refractivity contribution in [3.63, 3.8) is 0 Å². The van der Waals surface area contributed by atoms with Gasteiger partial charge in [0.15, 0.2) is 5.11 Å². The molecule has 0 bridgehead atoms. The molecule has 0 aliphatic carbocycles. The highest BCUT2D eigenvalue weighted by Gasteiger charge is 2.12. The Morgan fingerprint density at radius 1 is 1.42 bits per heavy atom. The van der Waals surface area contributed by atoms with Crippen LogP contribution in [0.5, 0.6) is 0 Å². The normalized spacial score (nSPS) is 10.3. The van der Waals surface area contributed by atoms with Crippen LogP contribution in [0.3, 0.4) is 0 Å². The van der Waals surface area contributed by atoms with E-state index in [4.69, 9.17) is 17.0 Å². The maximum atomic E-state index is 11.6. The Kier molecular flexibility index (Phi) is 6.33. The van der Waals surface area contributed by atoms with Crippen LogP contribution < -0.4 is 5.32 Å². The zero-order valence-electron chi connectivity index (χ0n) is 13.7. The zero-order valence-corrected chi connectivity index (χ0v) is 16.1. The second-order valence-corrected chi connectivity index (χ2v) is 6.39. The van der Waals surface area contributed by atoms with Crippen molar-refractivity contribution in [3.05, 3.63) is 46.2 Å². The Morgan fingerprint density at radius 3 is 2.62 bits per heavy atom. The molecule has 0 saturated carbocycles. The minimum atomic E-state index is -0.329. The van der Waals surface area contributed by atoms with E-state index in [2.05, 4.69) is 26.3 Å². The van der Waals surface area contributed by atoms with Crippen LogP contribution in [0.1, 0.15) is 23.0 Å². The second-order valence-electron chi connectivity index (χ2n) is 5.15. The minimum Gasteiger partial charge on any atom is -0.462 e. The number of halogens is 1. The van der Waals surface area contributed by atoms with E-state index >= 15 is 0 Å². The molecule has 2 aromatic rings. The van der Waals surface area contributed by atoms with Crippen molar-refractivity contribution in [3.8, 4) is 0 Å². The van der Waals surface area contributed by atoms with Gasteiger partial charge in [0, 0.05) is 19.8 Å². The molecule has 0 aliphatic rings. The Bertz CT molecular complexity index is 711. The van der Waals surface area contributed by atoms with Crippen LogP contribution >= 0.6 is 28.1 Å². The topological polar surface area (TPSA) is 59.4 Å². The number of nitrogens with one attached hydrogen (secondary N) is 1. The molecule has 0 fully saturated rings. The van der Waals surface area contributed by atoms with Gasteiger partial charge in [0.2, 0.25) is 0 Å². The lowest BCUT2D eigenvalue weighted by molar-refractivity contribution is 0.0526. The molecule has 1 aromatic heterocycles. The van der Waals surface area contributed by atoms with Crippen molar-refractivity contribution < 1.29 is 9.53 Å². The van der Waals surface area contributed by atoms with Gasteiger partial charge in [-0.15, -0.1) is 0 Å². The Labute approximate surface area is 154 Å². The highest BCUT2D eigenvalue weighted by molar-refractivity contribution is 9.10. The van der Waals surface area contributed by atoms with Gasteiger partial charge in [0.1, 0.15) is 0 Å². The van der Waals surface area contributed by atoms with Crippen molar-refractivity contribution in [2.75, 3.05) is 19.0 Å². The molecule has 24 heavy (non-hydrogen) atoms. The first-order valence-corrected chi connectivity index (χ1v) is 8.58. The van der Waals surface area contributed by atoms with E-state index < -0.39 is 0 Å². The standard InChI is InChI=1S/C16H19BrN4O2S/c1-4-23-15(22)11-5-7-12(8-6-11)19-16(24)20(2)10-14-13(17)9-18-21(14)3/h5-9H,4,10H2,1-3H3,(H,19,24). The summed E-state index contributed by atoms with van der Waals surface area (Å²) in [6.45, 7) is 2.75. The maximum absolute atomic E-state index is 11.6.